The van der Waals surface area contributed by atoms with Crippen molar-refractivity contribution in [3.05, 3.63) is 18.0 Å². The highest BCUT2D eigenvalue weighted by Crippen LogP contribution is 2.31. The van der Waals surface area contributed by atoms with Crippen LogP contribution in [0.4, 0.5) is 4.39 Å². The first-order chi connectivity index (χ1) is 10.2. The summed E-state index contributed by atoms with van der Waals surface area (Å²) in [6.45, 7) is 13.4. The summed E-state index contributed by atoms with van der Waals surface area (Å²) in [5.41, 5.74) is 1.20. The van der Waals surface area contributed by atoms with Crippen LogP contribution in [0.2, 0.25) is 0 Å². The van der Waals surface area contributed by atoms with E-state index in [1.54, 1.807) is 0 Å². The molecule has 0 atom stereocenters. The lowest BCUT2D eigenvalue weighted by atomic mass is 9.87. The van der Waals surface area contributed by atoms with E-state index in [-0.39, 0.29) is 17.6 Å². The molecular weight excluding hydrogens is 277 g/mol. The lowest BCUT2D eigenvalue weighted by Crippen LogP contribution is -2.47. The van der Waals surface area contributed by atoms with Crippen molar-refractivity contribution in [2.45, 2.75) is 59.4 Å². The molecule has 2 rings (SSSR count). The Morgan fingerprint density at radius 2 is 1.95 bits per heavy atom. The van der Waals surface area contributed by atoms with Crippen LogP contribution >= 0.6 is 0 Å². The van der Waals surface area contributed by atoms with Crippen molar-refractivity contribution in [2.24, 2.45) is 11.3 Å². The van der Waals surface area contributed by atoms with Gasteiger partial charge in [0.05, 0.1) is 18.4 Å². The van der Waals surface area contributed by atoms with Crippen molar-refractivity contribution in [3.63, 3.8) is 0 Å². The molecule has 0 amide bonds. The van der Waals surface area contributed by atoms with Crippen LogP contribution in [0.25, 0.3) is 0 Å². The lowest BCUT2D eigenvalue weighted by Gasteiger charge is -2.41. The molecule has 3 nitrogen and oxygen atoms in total. The predicted octanol–water partition coefficient (Wildman–Crippen LogP) is 3.89. The third-order valence-electron chi connectivity index (χ3n) is 4.78. The molecule has 1 fully saturated rings. The van der Waals surface area contributed by atoms with Gasteiger partial charge in [-0.1, -0.05) is 27.7 Å². The third kappa shape index (κ3) is 4.31. The molecule has 0 bridgehead atoms. The number of likely N-dealkylation sites (tertiary alicyclic amines) is 1. The van der Waals surface area contributed by atoms with Gasteiger partial charge in [0, 0.05) is 31.2 Å². The van der Waals surface area contributed by atoms with Gasteiger partial charge in [0.15, 0.2) is 0 Å². The average molecular weight is 309 g/mol. The topological polar surface area (TPSA) is 21.1 Å². The van der Waals surface area contributed by atoms with Gasteiger partial charge in [-0.15, -0.1) is 0 Å². The first-order valence-corrected chi connectivity index (χ1v) is 8.56. The van der Waals surface area contributed by atoms with Crippen molar-refractivity contribution in [2.75, 3.05) is 26.3 Å². The number of hydrogen-bond acceptors (Lipinski definition) is 2. The lowest BCUT2D eigenvalue weighted by molar-refractivity contribution is 0.0741. The van der Waals surface area contributed by atoms with Crippen molar-refractivity contribution in [1.82, 2.24) is 14.7 Å². The third-order valence-corrected chi connectivity index (χ3v) is 4.78. The monoisotopic (exact) mass is 309 g/mol. The molecule has 4 heteroatoms. The molecule has 1 aromatic rings. The molecular formula is C18H32FN3. The smallest absolute Gasteiger partial charge is 0.0957 e. The Morgan fingerprint density at radius 1 is 1.32 bits per heavy atom. The molecule has 0 N–H and O–H groups in total. The second-order valence-corrected chi connectivity index (χ2v) is 8.46. The van der Waals surface area contributed by atoms with Crippen LogP contribution in [0.1, 0.15) is 53.0 Å². The van der Waals surface area contributed by atoms with Crippen LogP contribution < -0.4 is 0 Å². The van der Waals surface area contributed by atoms with Crippen molar-refractivity contribution in [3.8, 4) is 0 Å². The predicted molar refractivity (Wildman–Crippen MR) is 89.8 cm³/mol. The van der Waals surface area contributed by atoms with E-state index >= 15 is 0 Å². The molecule has 0 saturated carbocycles. The maximum atomic E-state index is 13.0. The summed E-state index contributed by atoms with van der Waals surface area (Å²) in [7, 11) is 0. The van der Waals surface area contributed by atoms with E-state index in [2.05, 4.69) is 41.6 Å². The van der Waals surface area contributed by atoms with Crippen LogP contribution in [0, 0.1) is 11.3 Å². The van der Waals surface area contributed by atoms with Crippen LogP contribution in [0.3, 0.4) is 0 Å². The molecule has 126 valence electrons. The van der Waals surface area contributed by atoms with E-state index < -0.39 is 0 Å². The molecule has 1 aromatic heterocycles. The fourth-order valence-corrected chi connectivity index (χ4v) is 3.30. The van der Waals surface area contributed by atoms with Crippen LogP contribution in [-0.4, -0.2) is 41.0 Å². The quantitative estimate of drug-likeness (QED) is 0.795. The van der Waals surface area contributed by atoms with E-state index in [9.17, 15) is 4.39 Å². The number of alkyl halides is 1. The van der Waals surface area contributed by atoms with Gasteiger partial charge in [0.1, 0.15) is 0 Å². The number of piperidine rings is 1. The van der Waals surface area contributed by atoms with Gasteiger partial charge in [-0.25, -0.2) is 0 Å². The van der Waals surface area contributed by atoms with Crippen LogP contribution in [0.5, 0.6) is 0 Å². The molecule has 22 heavy (non-hydrogen) atoms. The average Bonchev–Trinajstić information content (AvgIpc) is 2.90. The van der Waals surface area contributed by atoms with Crippen molar-refractivity contribution >= 4 is 0 Å². The fourth-order valence-electron chi connectivity index (χ4n) is 3.30. The highest BCUT2D eigenvalue weighted by molar-refractivity contribution is 5.07. The van der Waals surface area contributed by atoms with Gasteiger partial charge < -0.3 is 4.90 Å². The SMILES string of the molecule is CC(C)Cc1cnn(C2(C)CCN(CC(C)(C)CF)CC2)c1. The highest BCUT2D eigenvalue weighted by Gasteiger charge is 2.34. The summed E-state index contributed by atoms with van der Waals surface area (Å²) in [4.78, 5) is 2.40. The Labute approximate surface area is 134 Å². The molecule has 1 aliphatic rings. The minimum atomic E-state index is -0.252. The van der Waals surface area contributed by atoms with E-state index in [1.807, 2.05) is 20.0 Å². The molecule has 1 aliphatic heterocycles. The van der Waals surface area contributed by atoms with Crippen molar-refractivity contribution in [1.29, 1.82) is 0 Å². The molecule has 0 aliphatic carbocycles. The normalized spacial score (nSPS) is 19.8. The van der Waals surface area contributed by atoms with Gasteiger partial charge in [-0.05, 0) is 37.7 Å². The molecule has 0 unspecified atom stereocenters. The number of halogens is 1. The van der Waals surface area contributed by atoms with Gasteiger partial charge in [0.2, 0.25) is 0 Å². The first-order valence-electron chi connectivity index (χ1n) is 8.56. The summed E-state index contributed by atoms with van der Waals surface area (Å²) in [5, 5.41) is 4.62. The molecule has 0 aromatic carbocycles. The maximum Gasteiger partial charge on any atom is 0.0957 e. The second-order valence-electron chi connectivity index (χ2n) is 8.46. The van der Waals surface area contributed by atoms with Crippen LogP contribution in [-0.2, 0) is 12.0 Å². The van der Waals surface area contributed by atoms with Gasteiger partial charge >= 0.3 is 0 Å². The summed E-state index contributed by atoms with van der Waals surface area (Å²) >= 11 is 0. The number of nitrogens with zero attached hydrogens (tertiary/aromatic N) is 3. The molecule has 2 heterocycles. The number of rotatable bonds is 6. The second kappa shape index (κ2) is 6.69. The highest BCUT2D eigenvalue weighted by atomic mass is 19.1. The Morgan fingerprint density at radius 3 is 2.50 bits per heavy atom. The Kier molecular flexibility index (Phi) is 5.31. The zero-order valence-corrected chi connectivity index (χ0v) is 14.9. The maximum absolute atomic E-state index is 13.0. The summed E-state index contributed by atoms with van der Waals surface area (Å²) in [5.74, 6) is 0.662. The Balaban J connectivity index is 1.95. The van der Waals surface area contributed by atoms with Crippen LogP contribution in [0.15, 0.2) is 12.4 Å². The van der Waals surface area contributed by atoms with Gasteiger partial charge in [0.25, 0.3) is 0 Å². The Hall–Kier alpha value is -0.900. The minimum absolute atomic E-state index is 0.103. The fraction of sp³-hybridized carbons (Fsp3) is 0.833. The Bertz CT molecular complexity index is 470. The van der Waals surface area contributed by atoms with E-state index in [1.165, 1.54) is 5.56 Å². The van der Waals surface area contributed by atoms with Gasteiger partial charge in [-0.3, -0.25) is 9.07 Å². The summed E-state index contributed by atoms with van der Waals surface area (Å²) in [6, 6.07) is 0. The molecule has 0 radical (unpaired) electrons. The van der Waals surface area contributed by atoms with E-state index in [0.29, 0.717) is 5.92 Å². The van der Waals surface area contributed by atoms with Gasteiger partial charge in [-0.2, -0.15) is 5.10 Å². The first kappa shape index (κ1) is 17.5. The zero-order chi connectivity index (χ0) is 16.4. The molecule has 0 spiro atoms. The van der Waals surface area contributed by atoms with E-state index in [4.69, 9.17) is 0 Å². The minimum Gasteiger partial charge on any atom is -0.303 e. The number of aromatic nitrogens is 2. The molecule has 1 saturated heterocycles. The van der Waals surface area contributed by atoms with E-state index in [0.717, 1.165) is 38.9 Å². The van der Waals surface area contributed by atoms with Crippen molar-refractivity contribution < 1.29 is 4.39 Å². The zero-order valence-electron chi connectivity index (χ0n) is 14.9. The largest absolute Gasteiger partial charge is 0.303 e. The standard InChI is InChI=1S/C18H32FN3/c1-15(2)10-16-11-20-22(12-16)18(5)6-8-21(9-7-18)14-17(3,4)13-19/h11-12,15H,6-10,13-14H2,1-5H3. The number of hydrogen-bond donors (Lipinski definition) is 0. The summed E-state index contributed by atoms with van der Waals surface area (Å²) < 4.78 is 15.2. The summed E-state index contributed by atoms with van der Waals surface area (Å²) in [6.07, 6.45) is 7.49.